The number of rotatable bonds is 14. The summed E-state index contributed by atoms with van der Waals surface area (Å²) in [5.41, 5.74) is 6.43. The summed E-state index contributed by atoms with van der Waals surface area (Å²) in [4.78, 5) is 11.1. The molecule has 2 unspecified atom stereocenters. The first kappa shape index (κ1) is 47.7. The number of nitrogens with one attached hydrogen (secondary N) is 2. The third-order valence-corrected chi connectivity index (χ3v) is 6.93. The first-order chi connectivity index (χ1) is 21.8. The van der Waals surface area contributed by atoms with Crippen LogP contribution in [0.3, 0.4) is 0 Å². The Kier molecular flexibility index (Phi) is 30.8. The number of allylic oxidation sites excluding steroid dienone is 6. The average Bonchev–Trinajstić information content (AvgIpc) is 3.02. The van der Waals surface area contributed by atoms with Crippen molar-refractivity contribution in [1.29, 1.82) is 0 Å². The Bertz CT molecular complexity index is 1040. The normalized spacial score (nSPS) is 14.3. The molecule has 264 valence electrons. The Hall–Kier alpha value is -2.72. The van der Waals surface area contributed by atoms with Crippen LogP contribution in [0, 0.1) is 18.3 Å². The second-order valence-corrected chi connectivity index (χ2v) is 12.7. The van der Waals surface area contributed by atoms with E-state index in [2.05, 4.69) is 90.5 Å². The van der Waals surface area contributed by atoms with Crippen LogP contribution in [0.25, 0.3) is 5.70 Å². The molecule has 2 rings (SSSR count). The van der Waals surface area contributed by atoms with Gasteiger partial charge in [-0.25, -0.2) is 4.39 Å². The third-order valence-electron chi connectivity index (χ3n) is 6.93. The topological polar surface area (TPSA) is 41.1 Å². The van der Waals surface area contributed by atoms with Crippen LogP contribution in [-0.4, -0.2) is 25.9 Å². The summed E-state index contributed by atoms with van der Waals surface area (Å²) in [6.07, 6.45) is 16.7. The van der Waals surface area contributed by atoms with E-state index in [4.69, 9.17) is 0 Å². The standard InChI is InChI=1S/C20H27NO.C15H26FN.C3H8.2C2H6/c1-6-7-10-21-17(5)20-9-8-19(16(4)12-20)13-18(14-22)11-15(2)3;1-15(2,3)10-6-9-14(17-4)12-7-5-8-13(16)11-12;1-3-2;2*1-2/h8-9,11-12,14,21H,2,5-7,10,13H2,1,3-4H3;5,8,11-12,14,17H,6-7,9-10H2,1-4H3;3H2,1-2H3;2*1-2H3/b18-11-;;;;. The molecule has 0 aliphatic heterocycles. The monoisotopic (exact) mass is 641 g/mol. The van der Waals surface area contributed by atoms with Crippen LogP contribution in [0.5, 0.6) is 0 Å². The van der Waals surface area contributed by atoms with Crippen molar-refractivity contribution in [3.05, 3.63) is 89.3 Å². The molecular weight excluding hydrogens is 567 g/mol. The Morgan fingerprint density at radius 3 is 2.15 bits per heavy atom. The van der Waals surface area contributed by atoms with Crippen LogP contribution in [0.2, 0.25) is 0 Å². The van der Waals surface area contributed by atoms with Crippen molar-refractivity contribution in [3.8, 4) is 0 Å². The van der Waals surface area contributed by atoms with Gasteiger partial charge in [-0.05, 0) is 98.4 Å². The molecule has 3 nitrogen and oxygen atoms in total. The Labute approximate surface area is 286 Å². The maximum absolute atomic E-state index is 13.2. The number of carbonyl (C=O) groups is 1. The molecule has 1 aliphatic carbocycles. The van der Waals surface area contributed by atoms with Crippen molar-refractivity contribution in [3.63, 3.8) is 0 Å². The van der Waals surface area contributed by atoms with Crippen LogP contribution >= 0.6 is 0 Å². The minimum Gasteiger partial charge on any atom is -0.385 e. The zero-order valence-corrected chi connectivity index (χ0v) is 32.3. The summed E-state index contributed by atoms with van der Waals surface area (Å²) < 4.78 is 13.2. The zero-order valence-electron chi connectivity index (χ0n) is 32.3. The second kappa shape index (κ2) is 29.7. The van der Waals surface area contributed by atoms with E-state index in [1.54, 1.807) is 12.2 Å². The maximum atomic E-state index is 13.2. The molecule has 4 heteroatoms. The van der Waals surface area contributed by atoms with Crippen molar-refractivity contribution in [2.24, 2.45) is 11.3 Å². The fourth-order valence-electron chi connectivity index (χ4n) is 4.63. The van der Waals surface area contributed by atoms with E-state index in [1.165, 1.54) is 31.2 Å². The van der Waals surface area contributed by atoms with Crippen LogP contribution in [0.4, 0.5) is 4.39 Å². The molecule has 0 fully saturated rings. The summed E-state index contributed by atoms with van der Waals surface area (Å²) >= 11 is 0. The van der Waals surface area contributed by atoms with Crippen LogP contribution in [-0.2, 0) is 11.2 Å². The number of carbonyl (C=O) groups excluding carboxylic acids is 1. The molecular formula is C42H73FN2O. The van der Waals surface area contributed by atoms with Gasteiger partial charge in [-0.2, -0.15) is 0 Å². The lowest BCUT2D eigenvalue weighted by atomic mass is 9.85. The lowest BCUT2D eigenvalue weighted by Crippen LogP contribution is -2.33. The van der Waals surface area contributed by atoms with Crippen molar-refractivity contribution >= 4 is 12.0 Å². The van der Waals surface area contributed by atoms with E-state index in [0.29, 0.717) is 23.8 Å². The average molecular weight is 641 g/mol. The molecule has 1 aromatic carbocycles. The van der Waals surface area contributed by atoms with Gasteiger partial charge in [0.25, 0.3) is 0 Å². The number of halogens is 1. The van der Waals surface area contributed by atoms with Crippen molar-refractivity contribution < 1.29 is 9.18 Å². The summed E-state index contributed by atoms with van der Waals surface area (Å²) in [6, 6.07) is 6.66. The van der Waals surface area contributed by atoms with Gasteiger partial charge in [0.05, 0.1) is 0 Å². The highest BCUT2D eigenvalue weighted by Gasteiger charge is 2.20. The number of benzene rings is 1. The Morgan fingerprint density at radius 1 is 1.09 bits per heavy atom. The van der Waals surface area contributed by atoms with Gasteiger partial charge in [0.15, 0.2) is 0 Å². The highest BCUT2D eigenvalue weighted by atomic mass is 19.1. The van der Waals surface area contributed by atoms with Gasteiger partial charge >= 0.3 is 0 Å². The fraction of sp³-hybridized carbons (Fsp3) is 0.595. The highest BCUT2D eigenvalue weighted by Crippen LogP contribution is 2.27. The molecule has 0 saturated heterocycles. The SMILES string of the molecule is C=C(C)/C=C(\C=O)Cc1ccc(C(=C)NCCCC)cc1C.CC.CC.CCC.CNC(CCCC(C)(C)C)C1C=C(F)C=CC1. The number of hydrogen-bond acceptors (Lipinski definition) is 3. The molecule has 1 aromatic rings. The molecule has 0 saturated carbocycles. The molecule has 2 N–H and O–H groups in total. The van der Waals surface area contributed by atoms with E-state index in [0.717, 1.165) is 60.1 Å². The van der Waals surface area contributed by atoms with E-state index >= 15 is 0 Å². The fourth-order valence-corrected chi connectivity index (χ4v) is 4.63. The molecule has 0 heterocycles. The molecule has 0 bridgehead atoms. The number of aryl methyl sites for hydroxylation is 1. The van der Waals surface area contributed by atoms with Gasteiger partial charge in [0.2, 0.25) is 0 Å². The lowest BCUT2D eigenvalue weighted by molar-refractivity contribution is -0.105. The van der Waals surface area contributed by atoms with Crippen molar-refractivity contribution in [2.45, 2.75) is 140 Å². The molecule has 46 heavy (non-hydrogen) atoms. The third kappa shape index (κ3) is 24.5. The quantitative estimate of drug-likeness (QED) is 0.0920. The van der Waals surface area contributed by atoms with E-state index < -0.39 is 0 Å². The second-order valence-electron chi connectivity index (χ2n) is 12.7. The molecule has 2 atom stereocenters. The minimum absolute atomic E-state index is 0.0858. The predicted octanol–water partition coefficient (Wildman–Crippen LogP) is 12.3. The van der Waals surface area contributed by atoms with Gasteiger partial charge in [-0.15, -0.1) is 0 Å². The molecule has 0 amide bonds. The van der Waals surface area contributed by atoms with Crippen molar-refractivity contribution in [2.75, 3.05) is 13.6 Å². The van der Waals surface area contributed by atoms with Crippen LogP contribution < -0.4 is 10.6 Å². The predicted molar refractivity (Wildman–Crippen MR) is 207 cm³/mol. The van der Waals surface area contributed by atoms with Crippen LogP contribution in [0.1, 0.15) is 138 Å². The summed E-state index contributed by atoms with van der Waals surface area (Å²) in [5, 5.41) is 6.68. The zero-order chi connectivity index (χ0) is 36.1. The van der Waals surface area contributed by atoms with Crippen LogP contribution in [0.15, 0.2) is 72.6 Å². The first-order valence-corrected chi connectivity index (χ1v) is 17.9. The van der Waals surface area contributed by atoms with Gasteiger partial charge in [-0.1, -0.05) is 132 Å². The number of hydrogen-bond donors (Lipinski definition) is 2. The highest BCUT2D eigenvalue weighted by molar-refractivity contribution is 5.75. The van der Waals surface area contributed by atoms with Crippen molar-refractivity contribution in [1.82, 2.24) is 10.6 Å². The molecule has 1 aliphatic rings. The summed E-state index contributed by atoms with van der Waals surface area (Å²) in [5.74, 6) is 0.224. The minimum atomic E-state index is -0.0858. The largest absolute Gasteiger partial charge is 0.385 e. The van der Waals surface area contributed by atoms with Gasteiger partial charge in [-0.3, -0.25) is 4.79 Å². The van der Waals surface area contributed by atoms with Gasteiger partial charge < -0.3 is 10.6 Å². The number of aldehydes is 1. The Morgan fingerprint density at radius 2 is 1.70 bits per heavy atom. The van der Waals surface area contributed by atoms with Gasteiger partial charge in [0, 0.05) is 24.7 Å². The lowest BCUT2D eigenvalue weighted by Gasteiger charge is -2.26. The first-order valence-electron chi connectivity index (χ1n) is 17.9. The number of unbranched alkanes of at least 4 members (excludes halogenated alkanes) is 1. The summed E-state index contributed by atoms with van der Waals surface area (Å²) in [7, 11) is 1.98. The molecule has 0 aromatic heterocycles. The van der Waals surface area contributed by atoms with E-state index in [-0.39, 0.29) is 5.83 Å². The van der Waals surface area contributed by atoms with E-state index in [9.17, 15) is 9.18 Å². The maximum Gasteiger partial charge on any atom is 0.146 e. The Balaban J connectivity index is -0.000000686. The smallest absolute Gasteiger partial charge is 0.146 e. The molecule has 0 spiro atoms. The summed E-state index contributed by atoms with van der Waals surface area (Å²) in [6.45, 7) is 34.1. The molecule has 0 radical (unpaired) electrons. The van der Waals surface area contributed by atoms with Gasteiger partial charge in [0.1, 0.15) is 12.1 Å². The van der Waals surface area contributed by atoms with E-state index in [1.807, 2.05) is 53.8 Å².